The van der Waals surface area contributed by atoms with E-state index in [0.29, 0.717) is 5.13 Å². The van der Waals surface area contributed by atoms with E-state index in [9.17, 15) is 8.42 Å². The van der Waals surface area contributed by atoms with Crippen molar-refractivity contribution < 1.29 is 8.42 Å². The van der Waals surface area contributed by atoms with Crippen LogP contribution in [0, 0.1) is 0 Å². The van der Waals surface area contributed by atoms with Crippen LogP contribution in [-0.4, -0.2) is 23.6 Å². The van der Waals surface area contributed by atoms with Gasteiger partial charge < -0.3 is 5.73 Å². The lowest BCUT2D eigenvalue weighted by molar-refractivity contribution is 0.598. The number of anilines is 1. The second-order valence-electron chi connectivity index (χ2n) is 3.68. The Kier molecular flexibility index (Phi) is 3.51. The molecule has 1 atom stereocenters. The quantitative estimate of drug-likeness (QED) is 0.840. The molecule has 3 N–H and O–H groups in total. The first-order valence-corrected chi connectivity index (χ1v) is 7.84. The number of hydrogen-bond acceptors (Lipinski definition) is 5. The zero-order valence-electron chi connectivity index (χ0n) is 9.45. The van der Waals surface area contributed by atoms with Gasteiger partial charge >= 0.3 is 0 Å². The SMILES string of the molecule is CC(C(N)=S)S(=O)(=O)Nc1nc2ccccc2s1. The van der Waals surface area contributed by atoms with Gasteiger partial charge in [0.2, 0.25) is 10.0 Å². The minimum atomic E-state index is -3.63. The predicted octanol–water partition coefficient (Wildman–Crippen LogP) is 1.71. The normalized spacial score (nSPS) is 13.4. The molecule has 2 aromatic rings. The highest BCUT2D eigenvalue weighted by Crippen LogP contribution is 2.26. The first-order chi connectivity index (χ1) is 8.40. The molecule has 8 heteroatoms. The summed E-state index contributed by atoms with van der Waals surface area (Å²) in [6.07, 6.45) is 0. The number of nitrogens with zero attached hydrogens (tertiary/aromatic N) is 1. The number of benzene rings is 1. The van der Waals surface area contributed by atoms with Gasteiger partial charge in [0.25, 0.3) is 0 Å². The third-order valence-electron chi connectivity index (χ3n) is 2.39. The van der Waals surface area contributed by atoms with Crippen molar-refractivity contribution in [3.63, 3.8) is 0 Å². The molecule has 0 aliphatic rings. The van der Waals surface area contributed by atoms with E-state index in [1.165, 1.54) is 18.3 Å². The lowest BCUT2D eigenvalue weighted by Crippen LogP contribution is -2.35. The fraction of sp³-hybridized carbons (Fsp3) is 0.200. The maximum Gasteiger partial charge on any atom is 0.243 e. The van der Waals surface area contributed by atoms with E-state index in [4.69, 9.17) is 5.73 Å². The van der Waals surface area contributed by atoms with Crippen molar-refractivity contribution in [3.05, 3.63) is 24.3 Å². The highest BCUT2D eigenvalue weighted by molar-refractivity contribution is 7.95. The molecule has 0 bridgehead atoms. The molecular formula is C10H11N3O2S3. The Balaban J connectivity index is 2.31. The average molecular weight is 301 g/mol. The molecule has 0 radical (unpaired) electrons. The fourth-order valence-electron chi connectivity index (χ4n) is 1.28. The number of rotatable bonds is 4. The number of thiazole rings is 1. The highest BCUT2D eigenvalue weighted by Gasteiger charge is 2.24. The molecule has 0 fully saturated rings. The van der Waals surface area contributed by atoms with Gasteiger partial charge in [0.15, 0.2) is 5.13 Å². The van der Waals surface area contributed by atoms with Crippen LogP contribution in [0.25, 0.3) is 10.2 Å². The van der Waals surface area contributed by atoms with Gasteiger partial charge in [-0.3, -0.25) is 4.72 Å². The molecular weight excluding hydrogens is 290 g/mol. The van der Waals surface area contributed by atoms with Crippen LogP contribution in [0.15, 0.2) is 24.3 Å². The molecule has 0 aliphatic carbocycles. The number of nitrogens with one attached hydrogen (secondary N) is 1. The second-order valence-corrected chi connectivity index (χ2v) is 7.18. The summed E-state index contributed by atoms with van der Waals surface area (Å²) in [7, 11) is -3.63. The molecule has 96 valence electrons. The van der Waals surface area contributed by atoms with E-state index >= 15 is 0 Å². The summed E-state index contributed by atoms with van der Waals surface area (Å²) in [4.78, 5) is 4.12. The van der Waals surface area contributed by atoms with Crippen molar-refractivity contribution in [2.24, 2.45) is 5.73 Å². The Labute approximate surface area is 114 Å². The molecule has 2 rings (SSSR count). The second kappa shape index (κ2) is 4.79. The molecule has 1 aromatic carbocycles. The van der Waals surface area contributed by atoms with Crippen LogP contribution in [0.2, 0.25) is 0 Å². The number of aromatic nitrogens is 1. The van der Waals surface area contributed by atoms with Crippen LogP contribution >= 0.6 is 23.6 Å². The number of thiocarbonyl (C=S) groups is 1. The maximum atomic E-state index is 11.9. The summed E-state index contributed by atoms with van der Waals surface area (Å²) in [6, 6.07) is 7.41. The molecule has 0 saturated heterocycles. The zero-order chi connectivity index (χ0) is 13.3. The molecule has 0 spiro atoms. The predicted molar refractivity (Wildman–Crippen MR) is 78.4 cm³/mol. The lowest BCUT2D eigenvalue weighted by Gasteiger charge is -2.10. The summed E-state index contributed by atoms with van der Waals surface area (Å²) in [5.74, 6) is 0. The molecule has 0 amide bonds. The minimum Gasteiger partial charge on any atom is -0.392 e. The third kappa shape index (κ3) is 2.60. The van der Waals surface area contributed by atoms with Crippen LogP contribution in [0.1, 0.15) is 6.92 Å². The topological polar surface area (TPSA) is 85.1 Å². The Morgan fingerprint density at radius 1 is 1.50 bits per heavy atom. The van der Waals surface area contributed by atoms with Gasteiger partial charge in [-0.2, -0.15) is 0 Å². The van der Waals surface area contributed by atoms with Gasteiger partial charge in [0.05, 0.1) is 15.2 Å². The summed E-state index contributed by atoms with van der Waals surface area (Å²) >= 11 is 5.96. The van der Waals surface area contributed by atoms with Crippen LogP contribution in [-0.2, 0) is 10.0 Å². The van der Waals surface area contributed by atoms with Crippen LogP contribution in [0.4, 0.5) is 5.13 Å². The smallest absolute Gasteiger partial charge is 0.243 e. The molecule has 1 heterocycles. The van der Waals surface area contributed by atoms with Crippen LogP contribution < -0.4 is 10.5 Å². The Hall–Kier alpha value is -1.25. The van der Waals surface area contributed by atoms with E-state index in [1.807, 2.05) is 24.3 Å². The standard InChI is InChI=1S/C10H11N3O2S3/c1-6(9(11)16)18(14,15)13-10-12-7-4-2-3-5-8(7)17-10/h2-6H,1H3,(H2,11,16)(H,12,13). The van der Waals surface area contributed by atoms with Crippen LogP contribution in [0.3, 0.4) is 0 Å². The highest BCUT2D eigenvalue weighted by atomic mass is 32.2. The lowest BCUT2D eigenvalue weighted by atomic mass is 10.3. The first-order valence-electron chi connectivity index (χ1n) is 5.06. The van der Waals surface area contributed by atoms with Gasteiger partial charge in [-0.1, -0.05) is 35.7 Å². The molecule has 0 aliphatic heterocycles. The van der Waals surface area contributed by atoms with E-state index < -0.39 is 15.3 Å². The molecule has 1 aromatic heterocycles. The van der Waals surface area contributed by atoms with Crippen molar-refractivity contribution in [2.75, 3.05) is 4.72 Å². The van der Waals surface area contributed by atoms with Crippen molar-refractivity contribution >= 4 is 53.9 Å². The average Bonchev–Trinajstić information content (AvgIpc) is 2.68. The van der Waals surface area contributed by atoms with Gasteiger partial charge in [-0.15, -0.1) is 0 Å². The number of hydrogen-bond donors (Lipinski definition) is 2. The van der Waals surface area contributed by atoms with Crippen molar-refractivity contribution in [1.82, 2.24) is 4.98 Å². The molecule has 5 nitrogen and oxygen atoms in total. The number of sulfonamides is 1. The maximum absolute atomic E-state index is 11.9. The first kappa shape index (κ1) is 13.2. The summed E-state index contributed by atoms with van der Waals surface area (Å²) in [5, 5.41) is -0.612. The van der Waals surface area contributed by atoms with E-state index in [2.05, 4.69) is 21.9 Å². The third-order valence-corrected chi connectivity index (χ3v) is 5.64. The minimum absolute atomic E-state index is 0.0661. The number of nitrogens with two attached hydrogens (primary N) is 1. The van der Waals surface area contributed by atoms with Gasteiger partial charge in [0, 0.05) is 0 Å². The Morgan fingerprint density at radius 2 is 2.17 bits per heavy atom. The van der Waals surface area contributed by atoms with E-state index in [0.717, 1.165) is 10.2 Å². The molecule has 1 unspecified atom stereocenters. The van der Waals surface area contributed by atoms with Gasteiger partial charge in [0.1, 0.15) is 5.25 Å². The fourth-order valence-corrected chi connectivity index (χ4v) is 3.66. The largest absolute Gasteiger partial charge is 0.392 e. The summed E-state index contributed by atoms with van der Waals surface area (Å²) in [5.41, 5.74) is 6.10. The van der Waals surface area contributed by atoms with Crippen LogP contribution in [0.5, 0.6) is 0 Å². The van der Waals surface area contributed by atoms with Crippen molar-refractivity contribution in [1.29, 1.82) is 0 Å². The zero-order valence-corrected chi connectivity index (χ0v) is 11.9. The summed E-state index contributed by atoms with van der Waals surface area (Å²) in [6.45, 7) is 1.44. The summed E-state index contributed by atoms with van der Waals surface area (Å²) < 4.78 is 27.1. The molecule has 0 saturated carbocycles. The Morgan fingerprint density at radius 3 is 2.78 bits per heavy atom. The number of fused-ring (bicyclic) bond motifs is 1. The van der Waals surface area contributed by atoms with Gasteiger partial charge in [-0.05, 0) is 19.1 Å². The van der Waals surface area contributed by atoms with Crippen molar-refractivity contribution in [3.8, 4) is 0 Å². The molecule has 18 heavy (non-hydrogen) atoms. The van der Waals surface area contributed by atoms with E-state index in [-0.39, 0.29) is 4.99 Å². The van der Waals surface area contributed by atoms with Gasteiger partial charge in [-0.25, -0.2) is 13.4 Å². The van der Waals surface area contributed by atoms with Crippen molar-refractivity contribution in [2.45, 2.75) is 12.2 Å². The monoisotopic (exact) mass is 301 g/mol. The van der Waals surface area contributed by atoms with E-state index in [1.54, 1.807) is 0 Å². The number of para-hydroxylation sites is 1. The Bertz CT molecular complexity index is 660.